The number of nitrogens with zero attached hydrogens (tertiary/aromatic N) is 2. The number of benzene rings is 1. The molecule has 1 rings (SSSR count). The van der Waals surface area contributed by atoms with Crippen molar-refractivity contribution >= 4 is 25.1 Å². The van der Waals surface area contributed by atoms with Crippen molar-refractivity contribution in [2.75, 3.05) is 19.8 Å². The van der Waals surface area contributed by atoms with Crippen LogP contribution in [0.25, 0.3) is 11.6 Å². The minimum atomic E-state index is -3.99. The lowest BCUT2D eigenvalue weighted by molar-refractivity contribution is -0.138. The first-order valence-electron chi connectivity index (χ1n) is 7.07. The van der Waals surface area contributed by atoms with Gasteiger partial charge in [0.15, 0.2) is 0 Å². The highest BCUT2D eigenvalue weighted by molar-refractivity contribution is 7.74. The number of hydrogen-bond donors (Lipinski definition) is 0. The molecule has 0 spiro atoms. The summed E-state index contributed by atoms with van der Waals surface area (Å²) in [6.07, 6.45) is 3.36. The van der Waals surface area contributed by atoms with Crippen molar-refractivity contribution in [1.82, 2.24) is 0 Å². The van der Waals surface area contributed by atoms with Crippen molar-refractivity contribution in [3.8, 4) is 0 Å². The molecular formula is C15H19N2O5P. The molecule has 0 aromatic heterocycles. The zero-order valence-corrected chi connectivity index (χ0v) is 13.9. The molecule has 1 aromatic rings. The topological polar surface area (TPSA) is 98.2 Å². The Morgan fingerprint density at radius 1 is 1.22 bits per heavy atom. The fourth-order valence-corrected chi connectivity index (χ4v) is 3.04. The van der Waals surface area contributed by atoms with E-state index in [0.717, 1.165) is 5.56 Å². The summed E-state index contributed by atoms with van der Waals surface area (Å²) in [5, 5.41) is 0. The molecule has 0 unspecified atom stereocenters. The number of rotatable bonds is 9. The molecule has 1 aromatic carbocycles. The highest BCUT2D eigenvalue weighted by Crippen LogP contribution is 2.49. The lowest BCUT2D eigenvalue weighted by Gasteiger charge is -2.11. The third-order valence-corrected chi connectivity index (χ3v) is 4.54. The average Bonchev–Trinajstić information content (AvgIpc) is 2.53. The Morgan fingerprint density at radius 2 is 1.83 bits per heavy atom. The molecule has 8 heteroatoms. The van der Waals surface area contributed by atoms with E-state index >= 15 is 0 Å². The van der Waals surface area contributed by atoms with Gasteiger partial charge in [0, 0.05) is 0 Å². The molecule has 0 radical (unpaired) electrons. The van der Waals surface area contributed by atoms with Crippen LogP contribution in [0.4, 0.5) is 0 Å². The third-order valence-electron chi connectivity index (χ3n) is 2.56. The maximum Gasteiger partial charge on any atom is 0.484 e. The first-order valence-corrected chi connectivity index (χ1v) is 8.62. The Labute approximate surface area is 135 Å². The molecule has 0 bridgehead atoms. The molecule has 0 amide bonds. The Bertz CT molecular complexity index is 629. The van der Waals surface area contributed by atoms with Crippen LogP contribution in [0.5, 0.6) is 0 Å². The highest BCUT2D eigenvalue weighted by atomic mass is 31.2. The van der Waals surface area contributed by atoms with E-state index in [9.17, 15) is 9.36 Å². The fraction of sp³-hybridized carbons (Fsp3) is 0.333. The zero-order chi connectivity index (χ0) is 17.1. The number of ether oxygens (including phenoxy) is 1. The quantitative estimate of drug-likeness (QED) is 0.226. The summed E-state index contributed by atoms with van der Waals surface area (Å²) in [6, 6.07) is 9.42. The highest BCUT2D eigenvalue weighted by Gasteiger charge is 2.46. The summed E-state index contributed by atoms with van der Waals surface area (Å²) in [6.45, 7) is 3.13. The maximum atomic E-state index is 12.4. The first kappa shape index (κ1) is 19.0. The second-order valence-corrected chi connectivity index (χ2v) is 6.10. The average molecular weight is 338 g/mol. The van der Waals surface area contributed by atoms with Crippen LogP contribution in [-0.2, 0) is 23.1 Å². The summed E-state index contributed by atoms with van der Waals surface area (Å²) >= 11 is 0. The predicted molar refractivity (Wildman–Crippen MR) is 85.9 cm³/mol. The molecule has 0 aliphatic rings. The Balaban J connectivity index is 2.69. The van der Waals surface area contributed by atoms with Crippen LogP contribution in [0.1, 0.15) is 19.4 Å². The monoisotopic (exact) mass is 338 g/mol. The normalized spacial score (nSPS) is 11.2. The van der Waals surface area contributed by atoms with E-state index in [1.54, 1.807) is 26.0 Å². The van der Waals surface area contributed by atoms with Gasteiger partial charge >= 0.3 is 19.0 Å². The Morgan fingerprint density at radius 3 is 2.35 bits per heavy atom. The van der Waals surface area contributed by atoms with Crippen LogP contribution in [0.15, 0.2) is 36.4 Å². The van der Waals surface area contributed by atoms with Crippen LogP contribution in [-0.4, -0.2) is 36.0 Å². The summed E-state index contributed by atoms with van der Waals surface area (Å²) < 4.78 is 27.2. The van der Waals surface area contributed by atoms with Crippen LogP contribution >= 0.6 is 7.60 Å². The third kappa shape index (κ3) is 5.93. The van der Waals surface area contributed by atoms with Gasteiger partial charge in [0.05, 0.1) is 13.2 Å². The molecular weight excluding hydrogens is 319 g/mol. The van der Waals surface area contributed by atoms with Gasteiger partial charge in [-0.2, -0.15) is 0 Å². The van der Waals surface area contributed by atoms with Gasteiger partial charge in [-0.15, -0.1) is 4.79 Å². The second kappa shape index (κ2) is 9.87. The van der Waals surface area contributed by atoms with Gasteiger partial charge in [-0.05, 0) is 25.5 Å². The molecule has 0 N–H and O–H groups in total. The summed E-state index contributed by atoms with van der Waals surface area (Å²) in [4.78, 5) is 14.6. The van der Waals surface area contributed by atoms with E-state index in [1.165, 1.54) is 0 Å². The number of carbonyl (C=O) groups is 1. The number of carbonyl (C=O) groups excluding carboxylic acids is 1. The van der Waals surface area contributed by atoms with Crippen LogP contribution in [0.3, 0.4) is 0 Å². The largest absolute Gasteiger partial charge is 0.484 e. The van der Waals surface area contributed by atoms with E-state index < -0.39 is 19.0 Å². The van der Waals surface area contributed by atoms with Crippen molar-refractivity contribution in [3.05, 3.63) is 47.5 Å². The molecule has 0 aliphatic carbocycles. The van der Waals surface area contributed by atoms with Gasteiger partial charge in [-0.1, -0.05) is 36.4 Å². The molecule has 0 saturated heterocycles. The van der Waals surface area contributed by atoms with Gasteiger partial charge < -0.3 is 19.3 Å². The van der Waals surface area contributed by atoms with E-state index in [2.05, 4.69) is 4.79 Å². The van der Waals surface area contributed by atoms with Gasteiger partial charge in [0.1, 0.15) is 6.61 Å². The summed E-state index contributed by atoms with van der Waals surface area (Å²) in [5.41, 5.74) is 9.13. The lowest BCUT2D eigenvalue weighted by Crippen LogP contribution is -2.21. The smallest absolute Gasteiger partial charge is 0.452 e. The van der Waals surface area contributed by atoms with Crippen molar-refractivity contribution in [1.29, 1.82) is 0 Å². The molecule has 0 fully saturated rings. The fourth-order valence-electron chi connectivity index (χ4n) is 1.64. The van der Waals surface area contributed by atoms with E-state index in [4.69, 9.17) is 19.3 Å². The summed E-state index contributed by atoms with van der Waals surface area (Å²) in [5.74, 6) is -1.06. The van der Waals surface area contributed by atoms with E-state index in [1.807, 2.05) is 30.3 Å². The molecule has 7 nitrogen and oxygen atoms in total. The molecule has 0 aliphatic heterocycles. The predicted octanol–water partition coefficient (Wildman–Crippen LogP) is 3.14. The maximum absolute atomic E-state index is 12.4. The molecule has 23 heavy (non-hydrogen) atoms. The van der Waals surface area contributed by atoms with Crippen molar-refractivity contribution < 1.29 is 27.9 Å². The minimum absolute atomic E-state index is 0.0253. The standard InChI is InChI=1S/C15H19N2O5P/c1-3-21-23(19,22-4-2)14(17-16)15(18)20-12-8-11-13-9-6-5-7-10-13/h5-11H,3-4,12H2,1-2H3/b11-8+. The van der Waals surface area contributed by atoms with Gasteiger partial charge in [0.2, 0.25) is 0 Å². The first-order chi connectivity index (χ1) is 11.1. The van der Waals surface area contributed by atoms with Gasteiger partial charge in [-0.3, -0.25) is 0 Å². The SMILES string of the molecule is CCOP(=O)(OCC)C(=[N+]=[N-])C(=O)OC/C=C/c1ccccc1. The van der Waals surface area contributed by atoms with Crippen molar-refractivity contribution in [2.24, 2.45) is 0 Å². The Kier molecular flexibility index (Phi) is 8.16. The lowest BCUT2D eigenvalue weighted by atomic mass is 10.2. The van der Waals surface area contributed by atoms with Crippen molar-refractivity contribution in [3.63, 3.8) is 0 Å². The van der Waals surface area contributed by atoms with E-state index in [0.29, 0.717) is 0 Å². The molecule has 124 valence electrons. The van der Waals surface area contributed by atoms with Gasteiger partial charge in [0.25, 0.3) is 0 Å². The van der Waals surface area contributed by atoms with E-state index in [-0.39, 0.29) is 19.8 Å². The molecule has 0 atom stereocenters. The minimum Gasteiger partial charge on any atom is -0.452 e. The zero-order valence-electron chi connectivity index (χ0n) is 13.0. The van der Waals surface area contributed by atoms with Crippen LogP contribution in [0.2, 0.25) is 0 Å². The molecule has 0 heterocycles. The number of hydrogen-bond acceptors (Lipinski definition) is 5. The van der Waals surface area contributed by atoms with Crippen LogP contribution < -0.4 is 0 Å². The number of esters is 1. The van der Waals surface area contributed by atoms with Crippen molar-refractivity contribution in [2.45, 2.75) is 13.8 Å². The Hall–Kier alpha value is -2.04. The summed E-state index contributed by atoms with van der Waals surface area (Å²) in [7, 11) is -3.99. The van der Waals surface area contributed by atoms with Gasteiger partial charge in [-0.25, -0.2) is 9.36 Å². The second-order valence-electron chi connectivity index (χ2n) is 4.17. The van der Waals surface area contributed by atoms with Crippen LogP contribution in [0, 0.1) is 0 Å². The molecule has 0 saturated carbocycles.